The van der Waals surface area contributed by atoms with Crippen molar-refractivity contribution in [2.75, 3.05) is 26.3 Å². The maximum atomic E-state index is 12.8. The molecular weight excluding hydrogens is 364 g/mol. The van der Waals surface area contributed by atoms with Gasteiger partial charge in [0.15, 0.2) is 0 Å². The number of morpholine rings is 1. The predicted molar refractivity (Wildman–Crippen MR) is 93.2 cm³/mol. The van der Waals surface area contributed by atoms with Crippen LogP contribution in [0.4, 0.5) is 0 Å². The lowest BCUT2D eigenvalue weighted by molar-refractivity contribution is 0.0730. The molecular formula is C16H20N2O5S2. The number of ether oxygens (including phenoxy) is 1. The number of sulfonamides is 1. The van der Waals surface area contributed by atoms with Gasteiger partial charge in [-0.25, -0.2) is 8.42 Å². The van der Waals surface area contributed by atoms with Crippen molar-refractivity contribution in [2.45, 2.75) is 24.8 Å². The molecule has 1 unspecified atom stereocenters. The molecule has 0 aromatic carbocycles. The van der Waals surface area contributed by atoms with Crippen LogP contribution in [0.15, 0.2) is 32.9 Å². The van der Waals surface area contributed by atoms with Crippen LogP contribution in [0.1, 0.15) is 34.2 Å². The van der Waals surface area contributed by atoms with E-state index in [4.69, 9.17) is 9.15 Å². The van der Waals surface area contributed by atoms with Crippen molar-refractivity contribution in [3.63, 3.8) is 0 Å². The number of nitrogens with one attached hydrogen (secondary N) is 1. The summed E-state index contributed by atoms with van der Waals surface area (Å²) in [5.41, 5.74) is 0. The Morgan fingerprint density at radius 1 is 1.28 bits per heavy atom. The van der Waals surface area contributed by atoms with Gasteiger partial charge in [-0.2, -0.15) is 4.31 Å². The molecule has 9 heteroatoms. The second-order valence-electron chi connectivity index (χ2n) is 5.77. The Labute approximate surface area is 150 Å². The Hall–Kier alpha value is -1.68. The molecule has 1 N–H and O–H groups in total. The standard InChI is InChI=1S/C16H20N2O5S2/c1-11-3-4-13(23-11)12(2)17-16(19)15-14(5-10-24-15)25(20,21)18-6-8-22-9-7-18/h3-5,10,12H,6-9H2,1-2H3,(H,17,19). The smallest absolute Gasteiger partial charge is 0.263 e. The van der Waals surface area contributed by atoms with Crippen molar-refractivity contribution < 1.29 is 22.4 Å². The fourth-order valence-corrected chi connectivity index (χ4v) is 5.32. The molecule has 1 amide bonds. The number of amides is 1. The van der Waals surface area contributed by atoms with Gasteiger partial charge in [-0.3, -0.25) is 4.79 Å². The van der Waals surface area contributed by atoms with Crippen LogP contribution in [0.5, 0.6) is 0 Å². The quantitative estimate of drug-likeness (QED) is 0.853. The average molecular weight is 384 g/mol. The number of nitrogens with zero attached hydrogens (tertiary/aromatic N) is 1. The van der Waals surface area contributed by atoms with E-state index in [1.54, 1.807) is 18.4 Å². The van der Waals surface area contributed by atoms with E-state index in [0.717, 1.165) is 17.1 Å². The molecule has 1 fully saturated rings. The van der Waals surface area contributed by atoms with Crippen LogP contribution in [0.25, 0.3) is 0 Å². The molecule has 0 radical (unpaired) electrons. The van der Waals surface area contributed by atoms with Crippen molar-refractivity contribution >= 4 is 27.3 Å². The van der Waals surface area contributed by atoms with Gasteiger partial charge in [0.1, 0.15) is 21.3 Å². The topological polar surface area (TPSA) is 88.9 Å². The highest BCUT2D eigenvalue weighted by molar-refractivity contribution is 7.89. The molecule has 2 aromatic heterocycles. The molecule has 3 heterocycles. The average Bonchev–Trinajstić information content (AvgIpc) is 3.25. The summed E-state index contributed by atoms with van der Waals surface area (Å²) >= 11 is 1.11. The number of carbonyl (C=O) groups excluding carboxylic acids is 1. The molecule has 7 nitrogen and oxygen atoms in total. The SMILES string of the molecule is Cc1ccc(C(C)NC(=O)c2sccc2S(=O)(=O)N2CCOCC2)o1. The zero-order valence-corrected chi connectivity index (χ0v) is 15.7. The van der Waals surface area contributed by atoms with Gasteiger partial charge in [-0.05, 0) is 37.4 Å². The van der Waals surface area contributed by atoms with Gasteiger partial charge in [0.2, 0.25) is 10.0 Å². The molecule has 1 saturated heterocycles. The number of carbonyl (C=O) groups is 1. The fourth-order valence-electron chi connectivity index (χ4n) is 2.61. The highest BCUT2D eigenvalue weighted by Gasteiger charge is 2.31. The maximum Gasteiger partial charge on any atom is 0.263 e. The van der Waals surface area contributed by atoms with Gasteiger partial charge in [-0.15, -0.1) is 11.3 Å². The van der Waals surface area contributed by atoms with E-state index in [9.17, 15) is 13.2 Å². The molecule has 0 spiro atoms. The number of aryl methyl sites for hydroxylation is 1. The lowest BCUT2D eigenvalue weighted by Gasteiger charge is -2.26. The minimum Gasteiger partial charge on any atom is -0.464 e. The molecule has 0 saturated carbocycles. The lowest BCUT2D eigenvalue weighted by Crippen LogP contribution is -2.41. The molecule has 25 heavy (non-hydrogen) atoms. The van der Waals surface area contributed by atoms with Crippen LogP contribution in [0.3, 0.4) is 0 Å². The highest BCUT2D eigenvalue weighted by atomic mass is 32.2. The van der Waals surface area contributed by atoms with E-state index < -0.39 is 15.9 Å². The Morgan fingerprint density at radius 3 is 2.64 bits per heavy atom. The number of hydrogen-bond acceptors (Lipinski definition) is 6. The minimum absolute atomic E-state index is 0.0414. The summed E-state index contributed by atoms with van der Waals surface area (Å²) in [6.45, 7) is 4.92. The van der Waals surface area contributed by atoms with E-state index in [2.05, 4.69) is 5.32 Å². The summed E-state index contributed by atoms with van der Waals surface area (Å²) in [6.07, 6.45) is 0. The molecule has 1 aliphatic heterocycles. The third-order valence-electron chi connectivity index (χ3n) is 3.96. The minimum atomic E-state index is -3.71. The van der Waals surface area contributed by atoms with Crippen LogP contribution in [0, 0.1) is 6.92 Å². The molecule has 1 atom stereocenters. The Morgan fingerprint density at radius 2 is 2.00 bits per heavy atom. The lowest BCUT2D eigenvalue weighted by atomic mass is 10.2. The summed E-state index contributed by atoms with van der Waals surface area (Å²) in [6, 6.07) is 4.73. The van der Waals surface area contributed by atoms with Gasteiger partial charge in [0, 0.05) is 13.1 Å². The summed E-state index contributed by atoms with van der Waals surface area (Å²) in [7, 11) is -3.71. The van der Waals surface area contributed by atoms with Gasteiger partial charge in [0.05, 0.1) is 19.3 Å². The zero-order valence-electron chi connectivity index (χ0n) is 14.0. The normalized spacial score (nSPS) is 17.4. The Kier molecular flexibility index (Phi) is 5.28. The number of furan rings is 1. The van der Waals surface area contributed by atoms with Gasteiger partial charge in [-0.1, -0.05) is 0 Å². The van der Waals surface area contributed by atoms with Crippen LogP contribution >= 0.6 is 11.3 Å². The molecule has 3 rings (SSSR count). The van der Waals surface area contributed by atoms with Gasteiger partial charge >= 0.3 is 0 Å². The summed E-state index contributed by atoms with van der Waals surface area (Å²) in [5.74, 6) is 0.950. The first-order valence-electron chi connectivity index (χ1n) is 7.92. The van der Waals surface area contributed by atoms with Crippen molar-refractivity contribution in [2.24, 2.45) is 0 Å². The van der Waals surface area contributed by atoms with E-state index >= 15 is 0 Å². The third-order valence-corrected chi connectivity index (χ3v) is 6.94. The second-order valence-corrected chi connectivity index (χ2v) is 8.60. The number of thiophene rings is 1. The molecule has 0 aliphatic carbocycles. The largest absolute Gasteiger partial charge is 0.464 e. The van der Waals surface area contributed by atoms with Gasteiger partial charge < -0.3 is 14.5 Å². The third kappa shape index (κ3) is 3.79. The molecule has 136 valence electrons. The molecule has 2 aromatic rings. The van der Waals surface area contributed by atoms with Crippen molar-refractivity contribution in [1.29, 1.82) is 0 Å². The summed E-state index contributed by atoms with van der Waals surface area (Å²) in [4.78, 5) is 12.8. The first kappa shape index (κ1) is 18.1. The van der Waals surface area contributed by atoms with Crippen LogP contribution in [-0.4, -0.2) is 44.9 Å². The van der Waals surface area contributed by atoms with E-state index in [-0.39, 0.29) is 15.8 Å². The van der Waals surface area contributed by atoms with E-state index in [1.807, 2.05) is 13.0 Å². The van der Waals surface area contributed by atoms with Crippen molar-refractivity contribution in [3.05, 3.63) is 40.0 Å². The highest BCUT2D eigenvalue weighted by Crippen LogP contribution is 2.27. The molecule has 0 bridgehead atoms. The van der Waals surface area contributed by atoms with Crippen LogP contribution < -0.4 is 5.32 Å². The van der Waals surface area contributed by atoms with Crippen LogP contribution in [0.2, 0.25) is 0 Å². The summed E-state index contributed by atoms with van der Waals surface area (Å²) < 4.78 is 37.7. The fraction of sp³-hybridized carbons (Fsp3) is 0.438. The van der Waals surface area contributed by atoms with Crippen LogP contribution in [-0.2, 0) is 14.8 Å². The molecule has 1 aliphatic rings. The number of rotatable bonds is 5. The van der Waals surface area contributed by atoms with Crippen molar-refractivity contribution in [1.82, 2.24) is 9.62 Å². The number of hydrogen-bond donors (Lipinski definition) is 1. The Balaban J connectivity index is 1.79. The first-order chi connectivity index (χ1) is 11.9. The maximum absolute atomic E-state index is 12.8. The van der Waals surface area contributed by atoms with Gasteiger partial charge in [0.25, 0.3) is 5.91 Å². The van der Waals surface area contributed by atoms with Crippen molar-refractivity contribution in [3.8, 4) is 0 Å². The Bertz CT molecular complexity index is 850. The van der Waals surface area contributed by atoms with E-state index in [1.165, 1.54) is 10.4 Å². The second kappa shape index (κ2) is 7.28. The van der Waals surface area contributed by atoms with E-state index in [0.29, 0.717) is 32.1 Å². The summed E-state index contributed by atoms with van der Waals surface area (Å²) in [5, 5.41) is 4.41. The first-order valence-corrected chi connectivity index (χ1v) is 10.2. The zero-order chi connectivity index (χ0) is 18.0. The monoisotopic (exact) mass is 384 g/mol. The predicted octanol–water partition coefficient (Wildman–Crippen LogP) is 2.16.